The maximum absolute atomic E-state index is 10.7. The van der Waals surface area contributed by atoms with Crippen LogP contribution < -0.4 is 4.74 Å². The van der Waals surface area contributed by atoms with Gasteiger partial charge < -0.3 is 9.84 Å². The summed E-state index contributed by atoms with van der Waals surface area (Å²) in [5.74, 6) is -0.513. The Morgan fingerprint density at radius 1 is 1.71 bits per heavy atom. The molecule has 1 N–H and O–H groups in total. The van der Waals surface area contributed by atoms with Crippen LogP contribution in [0, 0.1) is 0 Å². The van der Waals surface area contributed by atoms with Crippen LogP contribution in [0.25, 0.3) is 0 Å². The van der Waals surface area contributed by atoms with Crippen LogP contribution in [0.15, 0.2) is 22.9 Å². The van der Waals surface area contributed by atoms with Crippen LogP contribution in [0.1, 0.15) is 13.3 Å². The first-order valence-corrected chi connectivity index (χ1v) is 4.92. The van der Waals surface area contributed by atoms with Crippen molar-refractivity contribution in [2.24, 2.45) is 0 Å². The fourth-order valence-corrected chi connectivity index (χ4v) is 1.27. The van der Waals surface area contributed by atoms with Gasteiger partial charge in [0.2, 0.25) is 0 Å². The summed E-state index contributed by atoms with van der Waals surface area (Å²) < 4.78 is 5.97. The summed E-state index contributed by atoms with van der Waals surface area (Å²) in [6, 6.07) is 1.68. The van der Waals surface area contributed by atoms with Crippen molar-refractivity contribution in [1.82, 2.24) is 4.98 Å². The molecule has 0 saturated carbocycles. The highest BCUT2D eigenvalue weighted by atomic mass is 79.9. The molecule has 1 aromatic rings. The normalized spacial score (nSPS) is 12.1. The van der Waals surface area contributed by atoms with Gasteiger partial charge in [-0.15, -0.1) is 0 Å². The molecule has 76 valence electrons. The third-order valence-electron chi connectivity index (χ3n) is 1.60. The van der Waals surface area contributed by atoms with Crippen LogP contribution in [0.5, 0.6) is 5.75 Å². The molecule has 14 heavy (non-hydrogen) atoms. The number of rotatable bonds is 4. The smallest absolute Gasteiger partial charge is 0.344 e. The SMILES string of the molecule is CCC(Oc1cncc(Br)c1)C(=O)O. The van der Waals surface area contributed by atoms with Crippen molar-refractivity contribution >= 4 is 21.9 Å². The Labute approximate surface area is 90.0 Å². The van der Waals surface area contributed by atoms with Crippen LogP contribution in [0.3, 0.4) is 0 Å². The maximum Gasteiger partial charge on any atom is 0.344 e. The zero-order chi connectivity index (χ0) is 10.6. The number of halogens is 1. The summed E-state index contributed by atoms with van der Waals surface area (Å²) in [5.41, 5.74) is 0. The Morgan fingerprint density at radius 3 is 2.93 bits per heavy atom. The quantitative estimate of drug-likeness (QED) is 0.900. The third-order valence-corrected chi connectivity index (χ3v) is 2.04. The van der Waals surface area contributed by atoms with Crippen molar-refractivity contribution < 1.29 is 14.6 Å². The Bertz CT molecular complexity index is 330. The van der Waals surface area contributed by atoms with E-state index < -0.39 is 12.1 Å². The fraction of sp³-hybridized carbons (Fsp3) is 0.333. The lowest BCUT2D eigenvalue weighted by Crippen LogP contribution is -2.25. The molecule has 0 aliphatic carbocycles. The van der Waals surface area contributed by atoms with Crippen LogP contribution in [0.2, 0.25) is 0 Å². The number of carboxylic acid groups (broad SMARTS) is 1. The number of aromatic nitrogens is 1. The minimum Gasteiger partial charge on any atom is -0.479 e. The predicted octanol–water partition coefficient (Wildman–Crippen LogP) is 2.09. The van der Waals surface area contributed by atoms with Gasteiger partial charge in [0.15, 0.2) is 6.10 Å². The highest BCUT2D eigenvalue weighted by Crippen LogP contribution is 2.17. The Kier molecular flexibility index (Phi) is 3.88. The van der Waals surface area contributed by atoms with E-state index in [-0.39, 0.29) is 0 Å². The van der Waals surface area contributed by atoms with Crippen molar-refractivity contribution in [3.63, 3.8) is 0 Å². The molecule has 1 rings (SSSR count). The summed E-state index contributed by atoms with van der Waals surface area (Å²) in [6.45, 7) is 1.75. The van der Waals surface area contributed by atoms with Gasteiger partial charge in [-0.2, -0.15) is 0 Å². The van der Waals surface area contributed by atoms with Crippen molar-refractivity contribution in [3.8, 4) is 5.75 Å². The van der Waals surface area contributed by atoms with E-state index in [9.17, 15) is 4.79 Å². The van der Waals surface area contributed by atoms with Crippen LogP contribution >= 0.6 is 15.9 Å². The topological polar surface area (TPSA) is 59.4 Å². The van der Waals surface area contributed by atoms with Crippen molar-refractivity contribution in [1.29, 1.82) is 0 Å². The molecule has 0 radical (unpaired) electrons. The molecule has 1 unspecified atom stereocenters. The van der Waals surface area contributed by atoms with E-state index in [1.165, 1.54) is 6.20 Å². The van der Waals surface area contributed by atoms with E-state index in [0.717, 1.165) is 4.47 Å². The van der Waals surface area contributed by atoms with Gasteiger partial charge in [-0.25, -0.2) is 4.79 Å². The number of hydrogen-bond donors (Lipinski definition) is 1. The largest absolute Gasteiger partial charge is 0.479 e. The van der Waals surface area contributed by atoms with Crippen LogP contribution in [0.4, 0.5) is 0 Å². The van der Waals surface area contributed by atoms with E-state index >= 15 is 0 Å². The molecule has 0 saturated heterocycles. The lowest BCUT2D eigenvalue weighted by Gasteiger charge is -2.12. The zero-order valence-electron chi connectivity index (χ0n) is 7.61. The molecule has 0 fully saturated rings. The average molecular weight is 260 g/mol. The lowest BCUT2D eigenvalue weighted by atomic mass is 10.3. The minimum absolute atomic E-state index is 0.418. The molecule has 1 atom stereocenters. The molecule has 0 spiro atoms. The van der Waals surface area contributed by atoms with E-state index in [1.54, 1.807) is 19.2 Å². The average Bonchev–Trinajstić information content (AvgIpc) is 2.14. The summed E-state index contributed by atoms with van der Waals surface area (Å²) in [4.78, 5) is 14.5. The van der Waals surface area contributed by atoms with Crippen molar-refractivity contribution in [2.45, 2.75) is 19.4 Å². The molecular weight excluding hydrogens is 250 g/mol. The van der Waals surface area contributed by atoms with E-state index in [0.29, 0.717) is 12.2 Å². The van der Waals surface area contributed by atoms with Gasteiger partial charge in [-0.3, -0.25) is 4.98 Å². The number of aliphatic carboxylic acids is 1. The van der Waals surface area contributed by atoms with Crippen LogP contribution in [-0.2, 0) is 4.79 Å². The van der Waals surface area contributed by atoms with Crippen LogP contribution in [-0.4, -0.2) is 22.2 Å². The standard InChI is InChI=1S/C9H10BrNO3/c1-2-8(9(12)13)14-7-3-6(10)4-11-5-7/h3-5,8H,2H2,1H3,(H,12,13). The van der Waals surface area contributed by atoms with Crippen molar-refractivity contribution in [3.05, 3.63) is 22.9 Å². The predicted molar refractivity (Wildman–Crippen MR) is 54.3 cm³/mol. The first kappa shape index (κ1) is 11.0. The number of carbonyl (C=O) groups is 1. The molecule has 0 aliphatic rings. The van der Waals surface area contributed by atoms with Gasteiger partial charge in [0.1, 0.15) is 5.75 Å². The monoisotopic (exact) mass is 259 g/mol. The molecule has 0 amide bonds. The van der Waals surface area contributed by atoms with Gasteiger partial charge in [0.05, 0.1) is 6.20 Å². The summed E-state index contributed by atoms with van der Waals surface area (Å²) in [7, 11) is 0. The Morgan fingerprint density at radius 2 is 2.43 bits per heavy atom. The number of ether oxygens (including phenoxy) is 1. The highest BCUT2D eigenvalue weighted by Gasteiger charge is 2.16. The maximum atomic E-state index is 10.7. The second-order valence-electron chi connectivity index (χ2n) is 2.69. The highest BCUT2D eigenvalue weighted by molar-refractivity contribution is 9.10. The van der Waals surface area contributed by atoms with E-state index in [2.05, 4.69) is 20.9 Å². The zero-order valence-corrected chi connectivity index (χ0v) is 9.19. The second kappa shape index (κ2) is 4.95. The Balaban J connectivity index is 2.72. The van der Waals surface area contributed by atoms with Gasteiger partial charge in [0.25, 0.3) is 0 Å². The van der Waals surface area contributed by atoms with Gasteiger partial charge in [-0.1, -0.05) is 6.92 Å². The molecule has 0 aliphatic heterocycles. The summed E-state index contributed by atoms with van der Waals surface area (Å²) >= 11 is 3.22. The first-order chi connectivity index (χ1) is 6.63. The molecule has 1 heterocycles. The number of carboxylic acids is 1. The molecule has 1 aromatic heterocycles. The Hall–Kier alpha value is -1.10. The number of nitrogens with zero attached hydrogens (tertiary/aromatic N) is 1. The van der Waals surface area contributed by atoms with E-state index in [4.69, 9.17) is 9.84 Å². The summed E-state index contributed by atoms with van der Waals surface area (Å²) in [6.07, 6.45) is 2.69. The van der Waals surface area contributed by atoms with Gasteiger partial charge in [0, 0.05) is 10.7 Å². The number of pyridine rings is 1. The van der Waals surface area contributed by atoms with E-state index in [1.807, 2.05) is 0 Å². The second-order valence-corrected chi connectivity index (χ2v) is 3.61. The molecule has 4 nitrogen and oxygen atoms in total. The molecular formula is C9H10BrNO3. The van der Waals surface area contributed by atoms with Gasteiger partial charge in [-0.05, 0) is 28.4 Å². The molecule has 0 aromatic carbocycles. The van der Waals surface area contributed by atoms with Crippen molar-refractivity contribution in [2.75, 3.05) is 0 Å². The number of hydrogen-bond acceptors (Lipinski definition) is 3. The minimum atomic E-state index is -0.965. The van der Waals surface area contributed by atoms with Gasteiger partial charge >= 0.3 is 5.97 Å². The lowest BCUT2D eigenvalue weighted by molar-refractivity contribution is -0.145. The molecule has 0 bridgehead atoms. The fourth-order valence-electron chi connectivity index (χ4n) is 0.929. The molecule has 5 heteroatoms. The third kappa shape index (κ3) is 2.99. The summed E-state index contributed by atoms with van der Waals surface area (Å²) in [5, 5.41) is 8.75. The first-order valence-electron chi connectivity index (χ1n) is 4.13.